The van der Waals surface area contributed by atoms with E-state index >= 15 is 0 Å². The SMILES string of the molecule is COCC(C)Oc1ccc(C=CC(=O)O)nc1. The molecule has 5 heteroatoms. The standard InChI is InChI=1S/C12H15NO4/c1-9(8-16-2)17-11-5-3-10(13-7-11)4-6-12(14)15/h3-7,9H,8H2,1-2H3,(H,14,15). The van der Waals surface area contributed by atoms with Crippen molar-refractivity contribution in [1.82, 2.24) is 4.98 Å². The Morgan fingerprint density at radius 3 is 2.88 bits per heavy atom. The molecule has 0 spiro atoms. The molecule has 0 aliphatic rings. The number of carboxylic acids is 1. The quantitative estimate of drug-likeness (QED) is 0.761. The van der Waals surface area contributed by atoms with Crippen molar-refractivity contribution in [2.45, 2.75) is 13.0 Å². The summed E-state index contributed by atoms with van der Waals surface area (Å²) in [6, 6.07) is 3.43. The molecule has 1 N–H and O–H groups in total. The zero-order valence-corrected chi connectivity index (χ0v) is 9.79. The third-order valence-electron chi connectivity index (χ3n) is 1.89. The first-order valence-electron chi connectivity index (χ1n) is 5.14. The second kappa shape index (κ2) is 6.65. The van der Waals surface area contributed by atoms with Crippen LogP contribution in [0.5, 0.6) is 5.75 Å². The van der Waals surface area contributed by atoms with Crippen molar-refractivity contribution in [3.05, 3.63) is 30.1 Å². The Hall–Kier alpha value is -1.88. The summed E-state index contributed by atoms with van der Waals surface area (Å²) in [4.78, 5) is 14.4. The summed E-state index contributed by atoms with van der Waals surface area (Å²) in [7, 11) is 1.61. The Labute approximate surface area is 99.7 Å². The highest BCUT2D eigenvalue weighted by Gasteiger charge is 2.03. The molecule has 0 bridgehead atoms. The second-order valence-electron chi connectivity index (χ2n) is 3.47. The van der Waals surface area contributed by atoms with Gasteiger partial charge in [0.25, 0.3) is 0 Å². The predicted molar refractivity (Wildman–Crippen MR) is 62.9 cm³/mol. The number of ether oxygens (including phenoxy) is 2. The highest BCUT2D eigenvalue weighted by Crippen LogP contribution is 2.12. The largest absolute Gasteiger partial charge is 0.487 e. The van der Waals surface area contributed by atoms with Crippen molar-refractivity contribution in [3.63, 3.8) is 0 Å². The maximum Gasteiger partial charge on any atom is 0.328 e. The molecule has 1 aromatic rings. The molecule has 5 nitrogen and oxygen atoms in total. The molecule has 0 radical (unpaired) electrons. The highest BCUT2D eigenvalue weighted by molar-refractivity contribution is 5.84. The summed E-state index contributed by atoms with van der Waals surface area (Å²) < 4.78 is 10.5. The number of aromatic nitrogens is 1. The van der Waals surface area contributed by atoms with Crippen molar-refractivity contribution in [2.75, 3.05) is 13.7 Å². The molecule has 0 aliphatic carbocycles. The van der Waals surface area contributed by atoms with Gasteiger partial charge >= 0.3 is 5.97 Å². The van der Waals surface area contributed by atoms with Gasteiger partial charge in [0.2, 0.25) is 0 Å². The first-order chi connectivity index (χ1) is 8.11. The zero-order chi connectivity index (χ0) is 12.7. The average Bonchev–Trinajstić information content (AvgIpc) is 2.28. The van der Waals surface area contributed by atoms with Crippen molar-refractivity contribution < 1.29 is 19.4 Å². The summed E-state index contributed by atoms with van der Waals surface area (Å²) in [5, 5.41) is 8.45. The molecule has 1 atom stereocenters. The van der Waals surface area contributed by atoms with Crippen LogP contribution in [0.25, 0.3) is 6.08 Å². The molecule has 1 rings (SSSR count). The van der Waals surface area contributed by atoms with Crippen LogP contribution < -0.4 is 4.74 Å². The van der Waals surface area contributed by atoms with E-state index in [1.165, 1.54) is 6.08 Å². The number of hydrogen-bond donors (Lipinski definition) is 1. The van der Waals surface area contributed by atoms with E-state index in [2.05, 4.69) is 4.98 Å². The van der Waals surface area contributed by atoms with Crippen LogP contribution in [-0.4, -0.2) is 35.9 Å². The van der Waals surface area contributed by atoms with Gasteiger partial charge in [-0.3, -0.25) is 4.98 Å². The van der Waals surface area contributed by atoms with Crippen LogP contribution in [0, 0.1) is 0 Å². The molecule has 0 aromatic carbocycles. The van der Waals surface area contributed by atoms with Crippen LogP contribution in [0.15, 0.2) is 24.4 Å². The van der Waals surface area contributed by atoms with Crippen LogP contribution in [0.2, 0.25) is 0 Å². The number of nitrogens with zero attached hydrogens (tertiary/aromatic N) is 1. The van der Waals surface area contributed by atoms with E-state index < -0.39 is 5.97 Å². The molecular weight excluding hydrogens is 222 g/mol. The number of rotatable bonds is 6. The van der Waals surface area contributed by atoms with Crippen molar-refractivity contribution >= 4 is 12.0 Å². The summed E-state index contributed by atoms with van der Waals surface area (Å²) in [5.41, 5.74) is 0.569. The van der Waals surface area contributed by atoms with Crippen LogP contribution in [-0.2, 0) is 9.53 Å². The van der Waals surface area contributed by atoms with Crippen molar-refractivity contribution in [1.29, 1.82) is 0 Å². The van der Waals surface area contributed by atoms with Gasteiger partial charge in [-0.1, -0.05) is 0 Å². The lowest BCUT2D eigenvalue weighted by Crippen LogP contribution is -2.17. The van der Waals surface area contributed by atoms with Crippen LogP contribution in [0.4, 0.5) is 0 Å². The van der Waals surface area contributed by atoms with E-state index in [0.717, 1.165) is 6.08 Å². The maximum absolute atomic E-state index is 10.3. The normalized spacial score (nSPS) is 12.6. The lowest BCUT2D eigenvalue weighted by atomic mass is 10.3. The minimum Gasteiger partial charge on any atom is -0.487 e. The van der Waals surface area contributed by atoms with Gasteiger partial charge in [-0.15, -0.1) is 0 Å². The zero-order valence-electron chi connectivity index (χ0n) is 9.79. The van der Waals surface area contributed by atoms with E-state index in [1.807, 2.05) is 6.92 Å². The lowest BCUT2D eigenvalue weighted by molar-refractivity contribution is -0.131. The molecule has 1 heterocycles. The number of hydrogen-bond acceptors (Lipinski definition) is 4. The van der Waals surface area contributed by atoms with E-state index in [4.69, 9.17) is 14.6 Å². The van der Waals surface area contributed by atoms with Gasteiger partial charge in [0, 0.05) is 13.2 Å². The predicted octanol–water partition coefficient (Wildman–Crippen LogP) is 1.59. The summed E-state index contributed by atoms with van der Waals surface area (Å²) >= 11 is 0. The summed E-state index contributed by atoms with van der Waals surface area (Å²) in [5.74, 6) is -0.372. The molecule has 0 saturated carbocycles. The Morgan fingerprint density at radius 1 is 1.59 bits per heavy atom. The summed E-state index contributed by atoms with van der Waals surface area (Å²) in [6.07, 6.45) is 3.96. The van der Waals surface area contributed by atoms with E-state index in [0.29, 0.717) is 18.1 Å². The molecule has 1 aromatic heterocycles. The van der Waals surface area contributed by atoms with Gasteiger partial charge in [0.05, 0.1) is 18.5 Å². The monoisotopic (exact) mass is 237 g/mol. The number of carbonyl (C=O) groups is 1. The lowest BCUT2D eigenvalue weighted by Gasteiger charge is -2.13. The highest BCUT2D eigenvalue weighted by atomic mass is 16.5. The molecule has 0 aliphatic heterocycles. The minimum absolute atomic E-state index is 0.0535. The Bertz CT molecular complexity index is 386. The number of aliphatic carboxylic acids is 1. The van der Waals surface area contributed by atoms with Crippen LogP contribution in [0.3, 0.4) is 0 Å². The minimum atomic E-state index is -0.999. The molecular formula is C12H15NO4. The average molecular weight is 237 g/mol. The fourth-order valence-corrected chi connectivity index (χ4v) is 1.22. The molecule has 92 valence electrons. The van der Waals surface area contributed by atoms with E-state index in [1.54, 1.807) is 25.4 Å². The number of methoxy groups -OCH3 is 1. The third-order valence-corrected chi connectivity index (χ3v) is 1.89. The topological polar surface area (TPSA) is 68.7 Å². The van der Waals surface area contributed by atoms with Gasteiger partial charge in [-0.25, -0.2) is 4.79 Å². The Balaban J connectivity index is 2.58. The fourth-order valence-electron chi connectivity index (χ4n) is 1.22. The van der Waals surface area contributed by atoms with Gasteiger partial charge in [-0.2, -0.15) is 0 Å². The molecule has 0 fully saturated rings. The van der Waals surface area contributed by atoms with Gasteiger partial charge in [0.1, 0.15) is 11.9 Å². The second-order valence-corrected chi connectivity index (χ2v) is 3.47. The van der Waals surface area contributed by atoms with E-state index in [-0.39, 0.29) is 6.10 Å². The maximum atomic E-state index is 10.3. The van der Waals surface area contributed by atoms with E-state index in [9.17, 15) is 4.79 Å². The molecule has 0 saturated heterocycles. The van der Waals surface area contributed by atoms with Gasteiger partial charge in [0.15, 0.2) is 0 Å². The van der Waals surface area contributed by atoms with Gasteiger partial charge < -0.3 is 14.6 Å². The Morgan fingerprint density at radius 2 is 2.35 bits per heavy atom. The summed E-state index contributed by atoms with van der Waals surface area (Å²) in [6.45, 7) is 2.39. The Kier molecular flexibility index (Phi) is 5.16. The smallest absolute Gasteiger partial charge is 0.328 e. The molecule has 0 amide bonds. The number of carboxylic acid groups (broad SMARTS) is 1. The van der Waals surface area contributed by atoms with Crippen molar-refractivity contribution in [2.24, 2.45) is 0 Å². The first-order valence-corrected chi connectivity index (χ1v) is 5.14. The van der Waals surface area contributed by atoms with Crippen LogP contribution >= 0.6 is 0 Å². The van der Waals surface area contributed by atoms with Crippen molar-refractivity contribution in [3.8, 4) is 5.75 Å². The third kappa shape index (κ3) is 5.12. The van der Waals surface area contributed by atoms with Crippen LogP contribution in [0.1, 0.15) is 12.6 Å². The molecule has 17 heavy (non-hydrogen) atoms. The number of pyridine rings is 1. The fraction of sp³-hybridized carbons (Fsp3) is 0.333. The first kappa shape index (κ1) is 13.2. The molecule has 1 unspecified atom stereocenters. The van der Waals surface area contributed by atoms with Gasteiger partial charge in [-0.05, 0) is 25.1 Å².